The molecule has 0 bridgehead atoms. The van der Waals surface area contributed by atoms with Crippen LogP contribution in [-0.4, -0.2) is 30.3 Å². The fourth-order valence-corrected chi connectivity index (χ4v) is 2.65. The maximum absolute atomic E-state index is 6.00. The van der Waals surface area contributed by atoms with E-state index in [0.717, 1.165) is 30.2 Å². The molecule has 1 aliphatic heterocycles. The van der Waals surface area contributed by atoms with Crippen molar-refractivity contribution in [2.24, 2.45) is 0 Å². The first-order valence-electron chi connectivity index (χ1n) is 6.96. The van der Waals surface area contributed by atoms with Gasteiger partial charge in [-0.1, -0.05) is 13.8 Å². The molecule has 0 saturated carbocycles. The Morgan fingerprint density at radius 1 is 1.32 bits per heavy atom. The van der Waals surface area contributed by atoms with Crippen molar-refractivity contribution in [2.75, 3.05) is 18.0 Å². The molecule has 4 heteroatoms. The molecular weight excluding hydrogens is 260 g/mol. The molecule has 0 aliphatic carbocycles. The van der Waals surface area contributed by atoms with Crippen molar-refractivity contribution in [2.45, 2.75) is 51.7 Å². The predicted octanol–water partition coefficient (Wildman–Crippen LogP) is 3.56. The van der Waals surface area contributed by atoms with E-state index in [1.807, 2.05) is 0 Å². The maximum Gasteiger partial charge on any atom is 0.129 e. The van der Waals surface area contributed by atoms with E-state index >= 15 is 0 Å². The summed E-state index contributed by atoms with van der Waals surface area (Å²) >= 11 is 6.00. The number of anilines is 1. The molecule has 1 saturated heterocycles. The molecule has 1 aliphatic rings. The molecule has 2 rings (SSSR count). The molecule has 0 amide bonds. The SMILES string of the molecule is CC1CN(c2cc(CCl)cc(C(C)C)n2)CC(C)O1. The van der Waals surface area contributed by atoms with Gasteiger partial charge in [-0.15, -0.1) is 11.6 Å². The van der Waals surface area contributed by atoms with Crippen molar-refractivity contribution in [1.82, 2.24) is 4.98 Å². The van der Waals surface area contributed by atoms with Gasteiger partial charge in [0, 0.05) is 24.7 Å². The number of morpholine rings is 1. The molecule has 2 atom stereocenters. The lowest BCUT2D eigenvalue weighted by molar-refractivity contribution is -0.00547. The van der Waals surface area contributed by atoms with Crippen molar-refractivity contribution in [3.05, 3.63) is 23.4 Å². The fraction of sp³-hybridized carbons (Fsp3) is 0.667. The highest BCUT2D eigenvalue weighted by Gasteiger charge is 2.23. The molecule has 3 nitrogen and oxygen atoms in total. The maximum atomic E-state index is 6.00. The zero-order valence-electron chi connectivity index (χ0n) is 12.2. The highest BCUT2D eigenvalue weighted by atomic mass is 35.5. The van der Waals surface area contributed by atoms with E-state index < -0.39 is 0 Å². The second-order valence-corrected chi connectivity index (χ2v) is 5.98. The Hall–Kier alpha value is -0.800. The molecule has 1 aromatic heterocycles. The number of hydrogen-bond acceptors (Lipinski definition) is 3. The van der Waals surface area contributed by atoms with E-state index in [0.29, 0.717) is 11.8 Å². The van der Waals surface area contributed by atoms with Crippen LogP contribution in [0.5, 0.6) is 0 Å². The van der Waals surface area contributed by atoms with Crippen molar-refractivity contribution in [3.63, 3.8) is 0 Å². The number of rotatable bonds is 3. The summed E-state index contributed by atoms with van der Waals surface area (Å²) in [4.78, 5) is 7.09. The Labute approximate surface area is 120 Å². The number of alkyl halides is 1. The first-order chi connectivity index (χ1) is 8.99. The third kappa shape index (κ3) is 3.61. The Bertz CT molecular complexity index is 426. The van der Waals surface area contributed by atoms with Crippen LogP contribution in [0.4, 0.5) is 5.82 Å². The van der Waals surface area contributed by atoms with Gasteiger partial charge < -0.3 is 9.64 Å². The first kappa shape index (κ1) is 14.6. The van der Waals surface area contributed by atoms with Gasteiger partial charge in [-0.05, 0) is 37.5 Å². The third-order valence-electron chi connectivity index (χ3n) is 3.38. The summed E-state index contributed by atoms with van der Waals surface area (Å²) in [6, 6.07) is 4.21. The Balaban J connectivity index is 2.30. The van der Waals surface area contributed by atoms with Crippen LogP contribution in [0.25, 0.3) is 0 Å². The zero-order valence-corrected chi connectivity index (χ0v) is 12.9. The minimum absolute atomic E-state index is 0.243. The predicted molar refractivity (Wildman–Crippen MR) is 80.1 cm³/mol. The lowest BCUT2D eigenvalue weighted by atomic mass is 10.1. The Morgan fingerprint density at radius 2 is 1.95 bits per heavy atom. The van der Waals surface area contributed by atoms with Gasteiger partial charge in [-0.25, -0.2) is 4.98 Å². The van der Waals surface area contributed by atoms with E-state index in [4.69, 9.17) is 21.3 Å². The molecule has 106 valence electrons. The topological polar surface area (TPSA) is 25.4 Å². The molecule has 1 fully saturated rings. The average Bonchev–Trinajstić information content (AvgIpc) is 2.37. The van der Waals surface area contributed by atoms with Crippen LogP contribution in [0.15, 0.2) is 12.1 Å². The van der Waals surface area contributed by atoms with Gasteiger partial charge in [0.15, 0.2) is 0 Å². The quantitative estimate of drug-likeness (QED) is 0.793. The molecule has 0 aromatic carbocycles. The second kappa shape index (κ2) is 6.10. The second-order valence-electron chi connectivity index (χ2n) is 5.71. The molecule has 2 unspecified atom stereocenters. The van der Waals surface area contributed by atoms with Crippen LogP contribution in [-0.2, 0) is 10.6 Å². The highest BCUT2D eigenvalue weighted by molar-refractivity contribution is 6.17. The molecule has 0 radical (unpaired) electrons. The average molecular weight is 283 g/mol. The molecule has 1 aromatic rings. The van der Waals surface area contributed by atoms with E-state index in [-0.39, 0.29) is 12.2 Å². The first-order valence-corrected chi connectivity index (χ1v) is 7.50. The van der Waals surface area contributed by atoms with E-state index in [2.05, 4.69) is 44.7 Å². The molecule has 2 heterocycles. The van der Waals surface area contributed by atoms with Crippen LogP contribution in [0.3, 0.4) is 0 Å². The van der Waals surface area contributed by atoms with Crippen molar-refractivity contribution >= 4 is 17.4 Å². The van der Waals surface area contributed by atoms with Gasteiger partial charge in [-0.3, -0.25) is 0 Å². The summed E-state index contributed by atoms with van der Waals surface area (Å²) in [5, 5.41) is 0. The van der Waals surface area contributed by atoms with Crippen LogP contribution >= 0.6 is 11.6 Å². The van der Waals surface area contributed by atoms with E-state index in [1.165, 1.54) is 0 Å². The lowest BCUT2D eigenvalue weighted by Gasteiger charge is -2.36. The van der Waals surface area contributed by atoms with E-state index in [1.54, 1.807) is 0 Å². The lowest BCUT2D eigenvalue weighted by Crippen LogP contribution is -2.46. The monoisotopic (exact) mass is 282 g/mol. The fourth-order valence-electron chi connectivity index (χ4n) is 2.49. The number of ether oxygens (including phenoxy) is 1. The standard InChI is InChI=1S/C15H23ClN2O/c1-10(2)14-5-13(7-16)6-15(17-14)18-8-11(3)19-12(4)9-18/h5-6,10-12H,7-9H2,1-4H3. The van der Waals surface area contributed by atoms with Crippen LogP contribution in [0.1, 0.15) is 44.9 Å². The van der Waals surface area contributed by atoms with Crippen LogP contribution in [0.2, 0.25) is 0 Å². The summed E-state index contributed by atoms with van der Waals surface area (Å²) in [5.74, 6) is 1.98. The minimum Gasteiger partial charge on any atom is -0.372 e. The number of halogens is 1. The van der Waals surface area contributed by atoms with Crippen molar-refractivity contribution < 1.29 is 4.74 Å². The number of pyridine rings is 1. The van der Waals surface area contributed by atoms with Gasteiger partial charge in [0.1, 0.15) is 5.82 Å². The molecule has 19 heavy (non-hydrogen) atoms. The van der Waals surface area contributed by atoms with Gasteiger partial charge in [0.2, 0.25) is 0 Å². The van der Waals surface area contributed by atoms with Crippen molar-refractivity contribution in [3.8, 4) is 0 Å². The van der Waals surface area contributed by atoms with Gasteiger partial charge in [0.25, 0.3) is 0 Å². The summed E-state index contributed by atoms with van der Waals surface area (Å²) < 4.78 is 5.78. The van der Waals surface area contributed by atoms with Gasteiger partial charge in [0.05, 0.1) is 12.2 Å². The summed E-state index contributed by atoms with van der Waals surface area (Å²) in [6.45, 7) is 10.3. The molecule has 0 spiro atoms. The number of nitrogens with zero attached hydrogens (tertiary/aromatic N) is 2. The summed E-state index contributed by atoms with van der Waals surface area (Å²) in [5.41, 5.74) is 2.25. The van der Waals surface area contributed by atoms with Crippen molar-refractivity contribution in [1.29, 1.82) is 0 Å². The summed E-state index contributed by atoms with van der Waals surface area (Å²) in [7, 11) is 0. The van der Waals surface area contributed by atoms with Crippen LogP contribution in [0, 0.1) is 0 Å². The number of hydrogen-bond donors (Lipinski definition) is 0. The molecular formula is C15H23ClN2O. The van der Waals surface area contributed by atoms with Gasteiger partial charge in [-0.2, -0.15) is 0 Å². The number of aromatic nitrogens is 1. The Morgan fingerprint density at radius 3 is 2.47 bits per heavy atom. The summed E-state index contributed by atoms with van der Waals surface area (Å²) in [6.07, 6.45) is 0.486. The van der Waals surface area contributed by atoms with Gasteiger partial charge >= 0.3 is 0 Å². The molecule has 0 N–H and O–H groups in total. The third-order valence-corrected chi connectivity index (χ3v) is 3.69. The smallest absolute Gasteiger partial charge is 0.129 e. The van der Waals surface area contributed by atoms with E-state index in [9.17, 15) is 0 Å². The normalized spacial score (nSPS) is 24.0. The highest BCUT2D eigenvalue weighted by Crippen LogP contribution is 2.24. The van der Waals surface area contributed by atoms with Crippen LogP contribution < -0.4 is 4.90 Å². The Kier molecular flexibility index (Phi) is 4.69. The minimum atomic E-state index is 0.243. The zero-order chi connectivity index (χ0) is 14.0. The largest absolute Gasteiger partial charge is 0.372 e.